The highest BCUT2D eigenvalue weighted by Gasteiger charge is 2.26. The maximum absolute atomic E-state index is 12.2. The third-order valence-electron chi connectivity index (χ3n) is 3.62. The Morgan fingerprint density at radius 3 is 2.73 bits per heavy atom. The van der Waals surface area contributed by atoms with Crippen LogP contribution in [-0.4, -0.2) is 29.7 Å². The van der Waals surface area contributed by atoms with E-state index in [9.17, 15) is 4.79 Å². The van der Waals surface area contributed by atoms with Crippen LogP contribution in [0.3, 0.4) is 0 Å². The molecule has 1 aliphatic rings. The summed E-state index contributed by atoms with van der Waals surface area (Å²) in [5, 5.41) is 3.52. The number of ether oxygens (including phenoxy) is 1. The molecule has 0 spiro atoms. The van der Waals surface area contributed by atoms with Gasteiger partial charge in [0, 0.05) is 25.3 Å². The molecule has 22 heavy (non-hydrogen) atoms. The van der Waals surface area contributed by atoms with E-state index in [2.05, 4.69) is 37.4 Å². The van der Waals surface area contributed by atoms with Gasteiger partial charge in [-0.3, -0.25) is 0 Å². The first-order chi connectivity index (χ1) is 10.3. The Morgan fingerprint density at radius 2 is 2.09 bits per heavy atom. The number of anilines is 1. The molecule has 0 saturated heterocycles. The largest absolute Gasteiger partial charge is 0.444 e. The highest BCUT2D eigenvalue weighted by molar-refractivity contribution is 5.69. The molecule has 0 bridgehead atoms. The van der Waals surface area contributed by atoms with Crippen LogP contribution in [0, 0.1) is 5.92 Å². The Kier molecular flexibility index (Phi) is 4.99. The Bertz CT molecular complexity index is 532. The molecule has 1 N–H and O–H groups in total. The molecule has 0 atom stereocenters. The summed E-state index contributed by atoms with van der Waals surface area (Å²) < 4.78 is 5.47. The summed E-state index contributed by atoms with van der Waals surface area (Å²) >= 11 is 0. The van der Waals surface area contributed by atoms with Crippen molar-refractivity contribution in [1.29, 1.82) is 0 Å². The van der Waals surface area contributed by atoms with E-state index in [4.69, 9.17) is 4.74 Å². The molecular weight excluding hydrogens is 276 g/mol. The number of hydrogen-bond donors (Lipinski definition) is 1. The summed E-state index contributed by atoms with van der Waals surface area (Å²) in [6.07, 6.45) is 0.647. The normalized spacial score (nSPS) is 14.7. The predicted octanol–water partition coefficient (Wildman–Crippen LogP) is 4.05. The zero-order valence-electron chi connectivity index (χ0n) is 14.4. The Morgan fingerprint density at radius 1 is 1.36 bits per heavy atom. The van der Waals surface area contributed by atoms with Crippen molar-refractivity contribution in [2.24, 2.45) is 5.92 Å². The minimum atomic E-state index is -0.446. The van der Waals surface area contributed by atoms with Crippen LogP contribution < -0.4 is 5.32 Å². The molecule has 1 amide bonds. The summed E-state index contributed by atoms with van der Waals surface area (Å²) in [6, 6.07) is 6.29. The molecular formula is C18H28N2O2. The minimum absolute atomic E-state index is 0.223. The second-order valence-electron chi connectivity index (χ2n) is 7.37. The van der Waals surface area contributed by atoms with Crippen molar-refractivity contribution in [1.82, 2.24) is 4.90 Å². The molecule has 0 aromatic heterocycles. The minimum Gasteiger partial charge on any atom is -0.444 e. The van der Waals surface area contributed by atoms with E-state index in [-0.39, 0.29) is 6.09 Å². The third kappa shape index (κ3) is 4.39. The van der Waals surface area contributed by atoms with Gasteiger partial charge in [0.1, 0.15) is 5.60 Å². The van der Waals surface area contributed by atoms with Gasteiger partial charge in [0.15, 0.2) is 0 Å². The Hall–Kier alpha value is -1.71. The van der Waals surface area contributed by atoms with E-state index in [1.54, 1.807) is 4.90 Å². The smallest absolute Gasteiger partial charge is 0.410 e. The number of amides is 1. The standard InChI is InChI=1S/C18H28N2O2/c1-13(2)11-19-16-8-6-7-14-12-20(10-9-15(14)16)17(21)22-18(3,4)5/h6-8,13,19H,9-12H2,1-5H3. The van der Waals surface area contributed by atoms with Crippen LogP contribution in [0.15, 0.2) is 18.2 Å². The number of nitrogens with one attached hydrogen (secondary N) is 1. The van der Waals surface area contributed by atoms with Crippen LogP contribution >= 0.6 is 0 Å². The molecule has 4 nitrogen and oxygen atoms in total. The van der Waals surface area contributed by atoms with Gasteiger partial charge in [-0.1, -0.05) is 26.0 Å². The predicted molar refractivity (Wildman–Crippen MR) is 90.1 cm³/mol. The molecule has 0 radical (unpaired) electrons. The van der Waals surface area contributed by atoms with Gasteiger partial charge in [0.2, 0.25) is 0 Å². The van der Waals surface area contributed by atoms with Crippen molar-refractivity contribution in [2.45, 2.75) is 53.2 Å². The number of nitrogens with zero attached hydrogens (tertiary/aromatic N) is 1. The second-order valence-corrected chi connectivity index (χ2v) is 7.37. The fourth-order valence-corrected chi connectivity index (χ4v) is 2.57. The highest BCUT2D eigenvalue weighted by atomic mass is 16.6. The number of rotatable bonds is 3. The quantitative estimate of drug-likeness (QED) is 0.916. The lowest BCUT2D eigenvalue weighted by Gasteiger charge is -2.32. The van der Waals surface area contributed by atoms with Crippen molar-refractivity contribution < 1.29 is 9.53 Å². The van der Waals surface area contributed by atoms with Crippen LogP contribution in [0.5, 0.6) is 0 Å². The van der Waals surface area contributed by atoms with Crippen LogP contribution in [0.25, 0.3) is 0 Å². The monoisotopic (exact) mass is 304 g/mol. The molecule has 0 unspecified atom stereocenters. The Balaban J connectivity index is 2.08. The number of fused-ring (bicyclic) bond motifs is 1. The lowest BCUT2D eigenvalue weighted by Crippen LogP contribution is -2.40. The number of benzene rings is 1. The first-order valence-electron chi connectivity index (χ1n) is 8.09. The number of carbonyl (C=O) groups excluding carboxylic acids is 1. The van der Waals surface area contributed by atoms with Gasteiger partial charge >= 0.3 is 6.09 Å². The molecule has 1 aromatic rings. The zero-order valence-corrected chi connectivity index (χ0v) is 14.4. The first-order valence-corrected chi connectivity index (χ1v) is 8.09. The van der Waals surface area contributed by atoms with Gasteiger partial charge in [-0.2, -0.15) is 0 Å². The van der Waals surface area contributed by atoms with Crippen LogP contribution in [0.4, 0.5) is 10.5 Å². The van der Waals surface area contributed by atoms with Gasteiger partial charge in [0.25, 0.3) is 0 Å². The molecule has 122 valence electrons. The fraction of sp³-hybridized carbons (Fsp3) is 0.611. The molecule has 0 saturated carbocycles. The van der Waals surface area contributed by atoms with Gasteiger partial charge in [0.05, 0.1) is 0 Å². The number of carbonyl (C=O) groups is 1. The molecule has 0 fully saturated rings. The average molecular weight is 304 g/mol. The van der Waals surface area contributed by atoms with Crippen LogP contribution in [0.1, 0.15) is 45.7 Å². The summed E-state index contributed by atoms with van der Waals surface area (Å²) in [5.74, 6) is 0.609. The summed E-state index contributed by atoms with van der Waals surface area (Å²) in [6.45, 7) is 12.4. The van der Waals surface area contributed by atoms with Crippen molar-refractivity contribution in [3.05, 3.63) is 29.3 Å². The van der Waals surface area contributed by atoms with E-state index in [1.807, 2.05) is 20.8 Å². The molecule has 1 aromatic carbocycles. The van der Waals surface area contributed by atoms with Crippen molar-refractivity contribution in [3.63, 3.8) is 0 Å². The average Bonchev–Trinajstić information content (AvgIpc) is 2.42. The van der Waals surface area contributed by atoms with Crippen molar-refractivity contribution in [2.75, 3.05) is 18.4 Å². The SMILES string of the molecule is CC(C)CNc1cccc2c1CCN(C(=O)OC(C)(C)C)C2. The summed E-state index contributed by atoms with van der Waals surface area (Å²) in [7, 11) is 0. The van der Waals surface area contributed by atoms with Crippen LogP contribution in [-0.2, 0) is 17.7 Å². The van der Waals surface area contributed by atoms with E-state index < -0.39 is 5.60 Å². The molecule has 1 heterocycles. The first kappa shape index (κ1) is 16.7. The molecule has 4 heteroatoms. The van der Waals surface area contributed by atoms with Gasteiger partial charge in [-0.05, 0) is 50.3 Å². The lowest BCUT2D eigenvalue weighted by molar-refractivity contribution is 0.0224. The van der Waals surface area contributed by atoms with Gasteiger partial charge < -0.3 is 15.0 Å². The van der Waals surface area contributed by atoms with E-state index in [1.165, 1.54) is 16.8 Å². The lowest BCUT2D eigenvalue weighted by atomic mass is 9.97. The van der Waals surface area contributed by atoms with Crippen molar-refractivity contribution in [3.8, 4) is 0 Å². The maximum atomic E-state index is 12.2. The summed E-state index contributed by atoms with van der Waals surface area (Å²) in [5.41, 5.74) is 3.31. The Labute approximate surface area is 133 Å². The molecule has 2 rings (SSSR count). The highest BCUT2D eigenvalue weighted by Crippen LogP contribution is 2.27. The topological polar surface area (TPSA) is 41.6 Å². The van der Waals surface area contributed by atoms with E-state index >= 15 is 0 Å². The maximum Gasteiger partial charge on any atom is 0.410 e. The van der Waals surface area contributed by atoms with Gasteiger partial charge in [-0.25, -0.2) is 4.79 Å². The summed E-state index contributed by atoms with van der Waals surface area (Å²) in [4.78, 5) is 14.0. The van der Waals surface area contributed by atoms with E-state index in [0.717, 1.165) is 13.0 Å². The van der Waals surface area contributed by atoms with E-state index in [0.29, 0.717) is 19.0 Å². The van der Waals surface area contributed by atoms with Crippen LogP contribution in [0.2, 0.25) is 0 Å². The van der Waals surface area contributed by atoms with Crippen molar-refractivity contribution >= 4 is 11.8 Å². The molecule has 1 aliphatic heterocycles. The number of hydrogen-bond acceptors (Lipinski definition) is 3. The van der Waals surface area contributed by atoms with Gasteiger partial charge in [-0.15, -0.1) is 0 Å². The third-order valence-corrected chi connectivity index (χ3v) is 3.62. The second kappa shape index (κ2) is 6.59. The molecule has 0 aliphatic carbocycles. The zero-order chi connectivity index (χ0) is 16.3. The fourth-order valence-electron chi connectivity index (χ4n) is 2.57.